The van der Waals surface area contributed by atoms with E-state index in [1.165, 1.54) is 44.9 Å². The van der Waals surface area contributed by atoms with Gasteiger partial charge < -0.3 is 10.2 Å². The van der Waals surface area contributed by atoms with Gasteiger partial charge >= 0.3 is 0 Å². The van der Waals surface area contributed by atoms with Gasteiger partial charge in [-0.15, -0.1) is 6.42 Å². The summed E-state index contributed by atoms with van der Waals surface area (Å²) >= 11 is 0. The summed E-state index contributed by atoms with van der Waals surface area (Å²) in [4.78, 5) is 0. The van der Waals surface area contributed by atoms with Crippen LogP contribution in [0.5, 0.6) is 0 Å². The van der Waals surface area contributed by atoms with E-state index in [9.17, 15) is 10.2 Å². The Balaban J connectivity index is 1.62. The van der Waals surface area contributed by atoms with Crippen molar-refractivity contribution in [2.75, 3.05) is 0 Å². The Labute approximate surface area is 153 Å². The first-order chi connectivity index (χ1) is 11.8. The quantitative estimate of drug-likeness (QED) is 0.693. The first-order valence-electron chi connectivity index (χ1n) is 10.7. The molecule has 4 aliphatic rings. The Kier molecular flexibility index (Phi) is 4.10. The summed E-state index contributed by atoms with van der Waals surface area (Å²) < 4.78 is 0. The lowest BCUT2D eigenvalue weighted by Gasteiger charge is -2.62. The van der Waals surface area contributed by atoms with Crippen LogP contribution in [0.15, 0.2) is 0 Å². The molecule has 4 fully saturated rings. The minimum absolute atomic E-state index is 0.150. The standard InChI is InChI=1S/C23H36O2/c1-5-15-8-10-18-17-9-7-16-13-23(25,6-2)20(24)14-22(16,4)19(17)11-12-21(15,18)3/h2,15-20,24-25H,5,7-14H2,1,3-4H3/t15-,16+,17-,18-,19-,20?,21+,22-,23-/m0/s1. The highest BCUT2D eigenvalue weighted by molar-refractivity contribution is 5.19. The Morgan fingerprint density at radius 1 is 1.00 bits per heavy atom. The molecule has 0 heterocycles. The van der Waals surface area contributed by atoms with Crippen LogP contribution in [0.3, 0.4) is 0 Å². The smallest absolute Gasteiger partial charge is 0.151 e. The summed E-state index contributed by atoms with van der Waals surface area (Å²) in [5.74, 6) is 6.29. The van der Waals surface area contributed by atoms with E-state index in [1.54, 1.807) is 0 Å². The lowest BCUT2D eigenvalue weighted by molar-refractivity contribution is -0.178. The van der Waals surface area contributed by atoms with E-state index in [2.05, 4.69) is 26.7 Å². The molecule has 0 bridgehead atoms. The summed E-state index contributed by atoms with van der Waals surface area (Å²) in [5.41, 5.74) is -0.607. The van der Waals surface area contributed by atoms with Gasteiger partial charge in [0.1, 0.15) is 0 Å². The molecular weight excluding hydrogens is 308 g/mol. The fraction of sp³-hybridized carbons (Fsp3) is 0.913. The van der Waals surface area contributed by atoms with E-state index >= 15 is 0 Å². The number of rotatable bonds is 1. The number of hydrogen-bond donors (Lipinski definition) is 2. The number of terminal acetylenes is 1. The third kappa shape index (κ3) is 2.31. The molecule has 2 N–H and O–H groups in total. The largest absolute Gasteiger partial charge is 0.389 e. The number of hydrogen-bond acceptors (Lipinski definition) is 2. The summed E-state index contributed by atoms with van der Waals surface area (Å²) in [5, 5.41) is 21.3. The highest BCUT2D eigenvalue weighted by Crippen LogP contribution is 2.68. The fourth-order valence-electron chi connectivity index (χ4n) is 8.22. The maximum atomic E-state index is 10.7. The molecule has 4 saturated carbocycles. The van der Waals surface area contributed by atoms with Crippen LogP contribution in [-0.4, -0.2) is 21.9 Å². The van der Waals surface area contributed by atoms with E-state index in [0.717, 1.165) is 17.8 Å². The third-order valence-electron chi connectivity index (χ3n) is 9.75. The van der Waals surface area contributed by atoms with Gasteiger partial charge in [0.05, 0.1) is 6.10 Å². The van der Waals surface area contributed by atoms with Crippen molar-refractivity contribution < 1.29 is 10.2 Å². The lowest BCUT2D eigenvalue weighted by atomic mass is 9.43. The maximum Gasteiger partial charge on any atom is 0.151 e. The molecule has 9 atom stereocenters. The van der Waals surface area contributed by atoms with Crippen LogP contribution in [0.2, 0.25) is 0 Å². The van der Waals surface area contributed by atoms with Gasteiger partial charge in [0.25, 0.3) is 0 Å². The molecule has 0 radical (unpaired) electrons. The Morgan fingerprint density at radius 2 is 1.72 bits per heavy atom. The normalized spacial score (nSPS) is 57.9. The van der Waals surface area contributed by atoms with E-state index in [1.807, 2.05) is 0 Å². The van der Waals surface area contributed by atoms with Gasteiger partial charge in [0.15, 0.2) is 5.60 Å². The van der Waals surface area contributed by atoms with Gasteiger partial charge in [0, 0.05) is 0 Å². The molecule has 0 aliphatic heterocycles. The summed E-state index contributed by atoms with van der Waals surface area (Å²) in [6, 6.07) is 0. The van der Waals surface area contributed by atoms with Crippen LogP contribution in [0.25, 0.3) is 0 Å². The molecule has 0 spiro atoms. The predicted octanol–water partition coefficient (Wildman–Crippen LogP) is 4.39. The van der Waals surface area contributed by atoms with Crippen LogP contribution >= 0.6 is 0 Å². The Hall–Kier alpha value is -0.520. The Morgan fingerprint density at radius 3 is 2.40 bits per heavy atom. The molecule has 0 saturated heterocycles. The average molecular weight is 345 g/mol. The second kappa shape index (κ2) is 5.74. The molecule has 1 unspecified atom stereocenters. The molecule has 0 amide bonds. The van der Waals surface area contributed by atoms with Gasteiger partial charge in [0.2, 0.25) is 0 Å². The second-order valence-electron chi connectivity index (χ2n) is 10.4. The molecule has 4 rings (SSSR count). The van der Waals surface area contributed by atoms with Gasteiger partial charge in [-0.1, -0.05) is 33.1 Å². The molecule has 0 aromatic rings. The van der Waals surface area contributed by atoms with Gasteiger partial charge in [-0.25, -0.2) is 0 Å². The van der Waals surface area contributed by atoms with Crippen LogP contribution in [0, 0.1) is 52.8 Å². The predicted molar refractivity (Wildman–Crippen MR) is 101 cm³/mol. The van der Waals surface area contributed by atoms with Gasteiger partial charge in [-0.3, -0.25) is 0 Å². The molecular formula is C23H36O2. The van der Waals surface area contributed by atoms with Gasteiger partial charge in [-0.2, -0.15) is 0 Å². The second-order valence-corrected chi connectivity index (χ2v) is 10.4. The minimum atomic E-state index is -1.30. The highest BCUT2D eigenvalue weighted by Gasteiger charge is 2.62. The zero-order valence-electron chi connectivity index (χ0n) is 16.3. The van der Waals surface area contributed by atoms with Crippen molar-refractivity contribution in [1.82, 2.24) is 0 Å². The van der Waals surface area contributed by atoms with Crippen molar-refractivity contribution in [3.05, 3.63) is 0 Å². The number of aliphatic hydroxyl groups is 2. The highest BCUT2D eigenvalue weighted by atomic mass is 16.3. The van der Waals surface area contributed by atoms with E-state index < -0.39 is 11.7 Å². The van der Waals surface area contributed by atoms with E-state index in [4.69, 9.17) is 6.42 Å². The summed E-state index contributed by atoms with van der Waals surface area (Å²) in [6.07, 6.45) is 15.4. The number of aliphatic hydroxyl groups excluding tert-OH is 1. The first kappa shape index (κ1) is 17.9. The Bertz CT molecular complexity index is 579. The molecule has 140 valence electrons. The molecule has 0 aromatic heterocycles. The van der Waals surface area contributed by atoms with E-state index in [0.29, 0.717) is 30.1 Å². The average Bonchev–Trinajstić information content (AvgIpc) is 2.93. The van der Waals surface area contributed by atoms with E-state index in [-0.39, 0.29) is 5.41 Å². The molecule has 4 aliphatic carbocycles. The molecule has 2 nitrogen and oxygen atoms in total. The van der Waals surface area contributed by atoms with Gasteiger partial charge in [-0.05, 0) is 91.8 Å². The van der Waals surface area contributed by atoms with Crippen molar-refractivity contribution in [2.45, 2.75) is 90.3 Å². The third-order valence-corrected chi connectivity index (χ3v) is 9.75. The van der Waals surface area contributed by atoms with Crippen molar-refractivity contribution in [3.63, 3.8) is 0 Å². The summed E-state index contributed by atoms with van der Waals surface area (Å²) in [6.45, 7) is 7.36. The van der Waals surface area contributed by atoms with Crippen molar-refractivity contribution in [2.24, 2.45) is 40.4 Å². The summed E-state index contributed by atoms with van der Waals surface area (Å²) in [7, 11) is 0. The lowest BCUT2D eigenvalue weighted by Crippen LogP contribution is -2.60. The maximum absolute atomic E-state index is 10.7. The fourth-order valence-corrected chi connectivity index (χ4v) is 8.22. The molecule has 0 aromatic carbocycles. The monoisotopic (exact) mass is 344 g/mol. The minimum Gasteiger partial charge on any atom is -0.389 e. The van der Waals surface area contributed by atoms with Crippen molar-refractivity contribution in [3.8, 4) is 12.3 Å². The SMILES string of the molecule is C#C[C@]1(O)C[C@H]2CC[C@@H]3[C@H](CC[C@]4(C)[C@@H](CC)CC[C@@H]34)[C@@]2(C)CC1O. The topological polar surface area (TPSA) is 40.5 Å². The molecule has 25 heavy (non-hydrogen) atoms. The van der Waals surface area contributed by atoms with Crippen LogP contribution in [-0.2, 0) is 0 Å². The zero-order chi connectivity index (χ0) is 18.0. The van der Waals surface area contributed by atoms with Crippen molar-refractivity contribution >= 4 is 0 Å². The van der Waals surface area contributed by atoms with Crippen LogP contribution in [0.4, 0.5) is 0 Å². The molecule has 2 heteroatoms. The zero-order valence-corrected chi connectivity index (χ0v) is 16.3. The number of fused-ring (bicyclic) bond motifs is 5. The van der Waals surface area contributed by atoms with Crippen molar-refractivity contribution in [1.29, 1.82) is 0 Å². The first-order valence-corrected chi connectivity index (χ1v) is 10.7. The van der Waals surface area contributed by atoms with Crippen LogP contribution in [0.1, 0.15) is 78.6 Å². The van der Waals surface area contributed by atoms with Crippen LogP contribution < -0.4 is 0 Å².